The van der Waals surface area contributed by atoms with E-state index in [0.717, 1.165) is 4.90 Å². The van der Waals surface area contributed by atoms with Gasteiger partial charge < -0.3 is 10.1 Å². The molecule has 1 N–H and O–H groups in total. The second kappa shape index (κ2) is 7.33. The summed E-state index contributed by atoms with van der Waals surface area (Å²) >= 11 is 0. The molecule has 1 atom stereocenters. The van der Waals surface area contributed by atoms with Crippen molar-refractivity contribution in [3.8, 4) is 0 Å². The lowest BCUT2D eigenvalue weighted by molar-refractivity contribution is -0.145. The minimum atomic E-state index is -1.47. The third kappa shape index (κ3) is 3.80. The van der Waals surface area contributed by atoms with Crippen LogP contribution in [0.5, 0.6) is 0 Å². The van der Waals surface area contributed by atoms with Crippen LogP contribution in [-0.2, 0) is 25.7 Å². The molecule has 1 aromatic carbocycles. The summed E-state index contributed by atoms with van der Waals surface area (Å²) in [5, 5.41) is 2.57. The minimum Gasteiger partial charge on any atom is -0.371 e. The lowest BCUT2D eigenvalue weighted by Crippen LogP contribution is -2.57. The van der Waals surface area contributed by atoms with Crippen molar-refractivity contribution < 1.29 is 23.5 Å². The van der Waals surface area contributed by atoms with Crippen molar-refractivity contribution >= 4 is 23.4 Å². The highest BCUT2D eigenvalue weighted by atomic mass is 19.1. The van der Waals surface area contributed by atoms with Gasteiger partial charge in [-0.15, -0.1) is 0 Å². The van der Waals surface area contributed by atoms with Crippen molar-refractivity contribution in [3.63, 3.8) is 0 Å². The number of hydrogen-bond donors (Lipinski definition) is 1. The first-order valence-electron chi connectivity index (χ1n) is 8.06. The molecule has 0 aromatic heterocycles. The molecule has 0 saturated heterocycles. The zero-order chi connectivity index (χ0) is 19.6. The molecule has 0 aliphatic carbocycles. The zero-order valence-electron chi connectivity index (χ0n) is 15.4. The Balaban J connectivity index is 2.21. The number of ether oxygens (including phenoxy) is 1. The number of ketones is 1. The average molecular weight is 363 g/mol. The first-order valence-corrected chi connectivity index (χ1v) is 8.06. The molecule has 1 unspecified atom stereocenters. The van der Waals surface area contributed by atoms with Crippen molar-refractivity contribution in [2.24, 2.45) is 4.99 Å². The van der Waals surface area contributed by atoms with Crippen LogP contribution in [0.25, 0.3) is 0 Å². The van der Waals surface area contributed by atoms with Gasteiger partial charge in [0.05, 0.1) is 0 Å². The van der Waals surface area contributed by atoms with Gasteiger partial charge in [0.15, 0.2) is 6.04 Å². The predicted octanol–water partition coefficient (Wildman–Crippen LogP) is 0.984. The topological polar surface area (TPSA) is 88.1 Å². The summed E-state index contributed by atoms with van der Waals surface area (Å²) in [6.45, 7) is 5.07. The smallest absolute Gasteiger partial charge is 0.297 e. The minimum absolute atomic E-state index is 0.0896. The van der Waals surface area contributed by atoms with Crippen LogP contribution in [0.1, 0.15) is 25.0 Å². The van der Waals surface area contributed by atoms with Gasteiger partial charge in [-0.1, -0.05) is 12.1 Å². The quantitative estimate of drug-likeness (QED) is 0.624. The summed E-state index contributed by atoms with van der Waals surface area (Å²) < 4.78 is 18.6. The molecule has 0 spiro atoms. The number of likely N-dealkylation sites (N-methyl/N-ethyl adjacent to an activating group) is 1. The third-order valence-corrected chi connectivity index (χ3v) is 4.32. The third-order valence-electron chi connectivity index (χ3n) is 4.32. The van der Waals surface area contributed by atoms with Gasteiger partial charge in [-0.2, -0.15) is 0 Å². The highest BCUT2D eigenvalue weighted by Crippen LogP contribution is 2.19. The summed E-state index contributed by atoms with van der Waals surface area (Å²) in [5.41, 5.74) is 0.173. The maximum absolute atomic E-state index is 13.3. The molecule has 1 aliphatic rings. The van der Waals surface area contributed by atoms with E-state index >= 15 is 0 Å². The largest absolute Gasteiger partial charge is 0.371 e. The van der Waals surface area contributed by atoms with E-state index < -0.39 is 29.2 Å². The first kappa shape index (κ1) is 19.7. The van der Waals surface area contributed by atoms with Gasteiger partial charge in [0.1, 0.15) is 17.3 Å². The Bertz CT molecular complexity index is 789. The molecule has 0 fully saturated rings. The number of amides is 2. The number of aryl methyl sites for hydroxylation is 1. The van der Waals surface area contributed by atoms with Gasteiger partial charge in [0.25, 0.3) is 17.6 Å². The van der Waals surface area contributed by atoms with Crippen LogP contribution in [0.15, 0.2) is 23.2 Å². The summed E-state index contributed by atoms with van der Waals surface area (Å²) in [4.78, 5) is 42.1. The summed E-state index contributed by atoms with van der Waals surface area (Å²) in [6, 6.07) is 2.97. The molecule has 140 valence electrons. The number of benzene rings is 1. The number of nitrogens with one attached hydrogen (secondary N) is 1. The SMILES string of the molecule is COC(C)(C)C1=NC(C(=O)NCc2ccc(F)c(C)c2)C(=O)C(=O)N1C. The number of nitrogens with zero attached hydrogens (tertiary/aromatic N) is 2. The van der Waals surface area contributed by atoms with Gasteiger partial charge in [-0.3, -0.25) is 19.3 Å². The van der Waals surface area contributed by atoms with Crippen LogP contribution in [0.4, 0.5) is 4.39 Å². The van der Waals surface area contributed by atoms with Crippen molar-refractivity contribution in [2.45, 2.75) is 39.0 Å². The fraction of sp³-hybridized carbons (Fsp3) is 0.444. The highest BCUT2D eigenvalue weighted by Gasteiger charge is 2.43. The van der Waals surface area contributed by atoms with Crippen molar-refractivity contribution in [1.29, 1.82) is 0 Å². The van der Waals surface area contributed by atoms with Crippen molar-refractivity contribution in [1.82, 2.24) is 10.2 Å². The van der Waals surface area contributed by atoms with E-state index in [2.05, 4.69) is 10.3 Å². The number of methoxy groups -OCH3 is 1. The van der Waals surface area contributed by atoms with Crippen molar-refractivity contribution in [2.75, 3.05) is 14.2 Å². The van der Waals surface area contributed by atoms with Crippen LogP contribution in [0.2, 0.25) is 0 Å². The standard InChI is InChI=1S/C18H22FN3O4/c1-10-8-11(6-7-12(10)19)9-20-15(24)13-14(23)16(25)22(4)17(21-13)18(2,3)26-5/h6-8,13H,9H2,1-5H3,(H,20,24). The van der Waals surface area contributed by atoms with E-state index in [-0.39, 0.29) is 18.2 Å². The number of carbonyl (C=O) groups excluding carboxylic acids is 3. The molecule has 8 heteroatoms. The molecule has 1 aromatic rings. The summed E-state index contributed by atoms with van der Waals surface area (Å²) in [7, 11) is 2.86. The molecule has 0 bridgehead atoms. The average Bonchev–Trinajstić information content (AvgIpc) is 2.60. The number of rotatable bonds is 5. The second-order valence-electron chi connectivity index (χ2n) is 6.60. The molecule has 0 saturated carbocycles. The van der Waals surface area contributed by atoms with E-state index in [1.807, 2.05) is 0 Å². The van der Waals surface area contributed by atoms with E-state index in [1.54, 1.807) is 26.8 Å². The Morgan fingerprint density at radius 1 is 1.38 bits per heavy atom. The first-order chi connectivity index (χ1) is 12.1. The Morgan fingerprint density at radius 3 is 2.62 bits per heavy atom. The Labute approximate surface area is 151 Å². The second-order valence-corrected chi connectivity index (χ2v) is 6.60. The highest BCUT2D eigenvalue weighted by molar-refractivity contribution is 6.46. The number of carbonyl (C=O) groups is 3. The fourth-order valence-corrected chi connectivity index (χ4v) is 2.58. The van der Waals surface area contributed by atoms with E-state index in [9.17, 15) is 18.8 Å². The molecule has 1 heterocycles. The Hall–Kier alpha value is -2.61. The van der Waals surface area contributed by atoms with Gasteiger partial charge in [-0.05, 0) is 38.0 Å². The van der Waals surface area contributed by atoms with Gasteiger partial charge in [0.2, 0.25) is 0 Å². The van der Waals surface area contributed by atoms with E-state index in [4.69, 9.17) is 4.74 Å². The number of amidine groups is 1. The number of Topliss-reactive ketones (excluding diaryl/α,β-unsaturated/α-hetero) is 1. The van der Waals surface area contributed by atoms with Crippen LogP contribution in [-0.4, -0.2) is 54.1 Å². The van der Waals surface area contributed by atoms with Crippen LogP contribution in [0.3, 0.4) is 0 Å². The number of hydrogen-bond acceptors (Lipinski definition) is 5. The lowest BCUT2D eigenvalue weighted by Gasteiger charge is -2.34. The lowest BCUT2D eigenvalue weighted by atomic mass is 10.0. The molecule has 1 aliphatic heterocycles. The molecule has 26 heavy (non-hydrogen) atoms. The van der Waals surface area contributed by atoms with E-state index in [0.29, 0.717) is 11.1 Å². The molecule has 2 rings (SSSR count). The van der Waals surface area contributed by atoms with Gasteiger partial charge in [0, 0.05) is 20.7 Å². The predicted molar refractivity (Wildman–Crippen MR) is 93.1 cm³/mol. The summed E-state index contributed by atoms with van der Waals surface area (Å²) in [6.07, 6.45) is 0. The normalized spacial score (nSPS) is 18.0. The number of halogens is 1. The van der Waals surface area contributed by atoms with Gasteiger partial charge >= 0.3 is 0 Å². The Kier molecular flexibility index (Phi) is 5.56. The molecular weight excluding hydrogens is 341 g/mol. The van der Waals surface area contributed by atoms with Crippen molar-refractivity contribution in [3.05, 3.63) is 35.1 Å². The van der Waals surface area contributed by atoms with Crippen LogP contribution < -0.4 is 5.32 Å². The molecular formula is C18H22FN3O4. The number of aliphatic imine (C=N–C) groups is 1. The zero-order valence-corrected chi connectivity index (χ0v) is 15.4. The monoisotopic (exact) mass is 363 g/mol. The molecule has 0 radical (unpaired) electrons. The summed E-state index contributed by atoms with van der Waals surface area (Å²) in [5.74, 6) is -2.56. The maximum atomic E-state index is 13.3. The molecule has 7 nitrogen and oxygen atoms in total. The molecule has 2 amide bonds. The van der Waals surface area contributed by atoms with Gasteiger partial charge in [-0.25, -0.2) is 9.38 Å². The van der Waals surface area contributed by atoms with Crippen LogP contribution >= 0.6 is 0 Å². The van der Waals surface area contributed by atoms with Crippen LogP contribution in [0, 0.1) is 12.7 Å². The van der Waals surface area contributed by atoms with E-state index in [1.165, 1.54) is 26.3 Å². The maximum Gasteiger partial charge on any atom is 0.297 e. The Morgan fingerprint density at radius 2 is 2.04 bits per heavy atom. The fourth-order valence-electron chi connectivity index (χ4n) is 2.58.